The SMILES string of the molecule is C[C@@]1(COC2CCCCO2)[C@H](c2ccccc2)C1(Cl)Cl. The van der Waals surface area contributed by atoms with E-state index in [9.17, 15) is 0 Å². The lowest BCUT2D eigenvalue weighted by Gasteiger charge is -2.24. The molecule has 1 aromatic rings. The molecular formula is C16H20Cl2O2. The van der Waals surface area contributed by atoms with E-state index in [2.05, 4.69) is 19.1 Å². The zero-order chi connectivity index (χ0) is 14.2. The molecule has 0 radical (unpaired) electrons. The summed E-state index contributed by atoms with van der Waals surface area (Å²) >= 11 is 13.0. The van der Waals surface area contributed by atoms with Crippen molar-refractivity contribution in [2.75, 3.05) is 13.2 Å². The van der Waals surface area contributed by atoms with Crippen LogP contribution in [0.5, 0.6) is 0 Å². The van der Waals surface area contributed by atoms with Gasteiger partial charge in [-0.3, -0.25) is 0 Å². The Hall–Kier alpha value is -0.280. The molecule has 0 aromatic heterocycles. The third kappa shape index (κ3) is 2.48. The summed E-state index contributed by atoms with van der Waals surface area (Å²) in [6.45, 7) is 3.41. The van der Waals surface area contributed by atoms with Crippen LogP contribution in [0.3, 0.4) is 0 Å². The number of hydrogen-bond acceptors (Lipinski definition) is 2. The van der Waals surface area contributed by atoms with Gasteiger partial charge in [-0.2, -0.15) is 0 Å². The summed E-state index contributed by atoms with van der Waals surface area (Å²) in [7, 11) is 0. The lowest BCUT2D eigenvalue weighted by atomic mass is 10.0. The minimum Gasteiger partial charge on any atom is -0.353 e. The van der Waals surface area contributed by atoms with Gasteiger partial charge < -0.3 is 9.47 Å². The molecule has 1 saturated heterocycles. The minimum absolute atomic E-state index is 0.0956. The molecule has 0 bridgehead atoms. The summed E-state index contributed by atoms with van der Waals surface area (Å²) in [5.41, 5.74) is 0.923. The van der Waals surface area contributed by atoms with Gasteiger partial charge in [0.05, 0.1) is 6.61 Å². The van der Waals surface area contributed by atoms with Gasteiger partial charge in [0, 0.05) is 17.9 Å². The Morgan fingerprint density at radius 3 is 2.65 bits per heavy atom. The highest BCUT2D eigenvalue weighted by Crippen LogP contribution is 2.73. The molecule has 1 aromatic carbocycles. The van der Waals surface area contributed by atoms with E-state index in [0.29, 0.717) is 6.61 Å². The Kier molecular flexibility index (Phi) is 4.02. The van der Waals surface area contributed by atoms with Crippen molar-refractivity contribution < 1.29 is 9.47 Å². The molecule has 0 N–H and O–H groups in total. The predicted octanol–water partition coefficient (Wildman–Crippen LogP) is 4.51. The second-order valence-electron chi connectivity index (χ2n) is 5.99. The van der Waals surface area contributed by atoms with Crippen molar-refractivity contribution in [1.82, 2.24) is 0 Å². The highest BCUT2D eigenvalue weighted by molar-refractivity contribution is 6.52. The standard InChI is InChI=1S/C16H20Cl2O2/c1-15(11-20-13-9-5-6-10-19-13)14(16(15,17)18)12-7-3-2-4-8-12/h2-4,7-8,13-14H,5-6,9-11H2,1H3/t13?,14-,15+/m0/s1. The Labute approximate surface area is 130 Å². The average molecular weight is 315 g/mol. The van der Waals surface area contributed by atoms with Crippen LogP contribution in [-0.2, 0) is 9.47 Å². The van der Waals surface area contributed by atoms with E-state index in [4.69, 9.17) is 32.7 Å². The number of halogens is 2. The fourth-order valence-electron chi connectivity index (χ4n) is 3.09. The lowest BCUT2D eigenvalue weighted by Crippen LogP contribution is -2.26. The fraction of sp³-hybridized carbons (Fsp3) is 0.625. The number of ether oxygens (including phenoxy) is 2. The van der Waals surface area contributed by atoms with Crippen LogP contribution in [-0.4, -0.2) is 23.8 Å². The van der Waals surface area contributed by atoms with Crippen LogP contribution in [0.25, 0.3) is 0 Å². The van der Waals surface area contributed by atoms with E-state index in [-0.39, 0.29) is 17.6 Å². The van der Waals surface area contributed by atoms with E-state index >= 15 is 0 Å². The van der Waals surface area contributed by atoms with E-state index in [1.165, 1.54) is 5.56 Å². The molecule has 1 saturated carbocycles. The van der Waals surface area contributed by atoms with E-state index in [1.807, 2.05) is 18.2 Å². The number of benzene rings is 1. The van der Waals surface area contributed by atoms with Crippen LogP contribution in [0.4, 0.5) is 0 Å². The maximum Gasteiger partial charge on any atom is 0.157 e. The summed E-state index contributed by atoms with van der Waals surface area (Å²) in [5.74, 6) is 0.114. The fourth-order valence-corrected chi connectivity index (χ4v) is 4.05. The second-order valence-corrected chi connectivity index (χ2v) is 7.38. The summed E-state index contributed by atoms with van der Waals surface area (Å²) in [6, 6.07) is 10.2. The van der Waals surface area contributed by atoms with E-state index in [0.717, 1.165) is 25.9 Å². The third-order valence-electron chi connectivity index (χ3n) is 4.52. The molecular weight excluding hydrogens is 295 g/mol. The van der Waals surface area contributed by atoms with Gasteiger partial charge in [-0.15, -0.1) is 23.2 Å². The van der Waals surface area contributed by atoms with E-state index < -0.39 is 4.33 Å². The van der Waals surface area contributed by atoms with Crippen molar-refractivity contribution in [3.05, 3.63) is 35.9 Å². The summed E-state index contributed by atoms with van der Waals surface area (Å²) in [4.78, 5) is 0. The highest BCUT2D eigenvalue weighted by atomic mass is 35.5. The largest absolute Gasteiger partial charge is 0.353 e. The average Bonchev–Trinajstić information content (AvgIpc) is 2.92. The van der Waals surface area contributed by atoms with Crippen molar-refractivity contribution in [1.29, 1.82) is 0 Å². The van der Waals surface area contributed by atoms with Gasteiger partial charge in [0.25, 0.3) is 0 Å². The Bertz CT molecular complexity index is 457. The number of alkyl halides is 2. The molecule has 1 heterocycles. The van der Waals surface area contributed by atoms with Crippen molar-refractivity contribution in [2.45, 2.75) is 42.7 Å². The maximum atomic E-state index is 6.51. The molecule has 20 heavy (non-hydrogen) atoms. The van der Waals surface area contributed by atoms with Gasteiger partial charge in [-0.1, -0.05) is 37.3 Å². The van der Waals surface area contributed by atoms with Crippen LogP contribution in [0.2, 0.25) is 0 Å². The Morgan fingerprint density at radius 1 is 1.25 bits per heavy atom. The van der Waals surface area contributed by atoms with Gasteiger partial charge in [-0.05, 0) is 24.8 Å². The minimum atomic E-state index is -0.761. The molecule has 1 unspecified atom stereocenters. The van der Waals surface area contributed by atoms with E-state index in [1.54, 1.807) is 0 Å². The van der Waals surface area contributed by atoms with Crippen molar-refractivity contribution in [3.8, 4) is 0 Å². The molecule has 0 spiro atoms. The Balaban J connectivity index is 1.65. The summed E-state index contributed by atoms with van der Waals surface area (Å²) in [6.07, 6.45) is 3.15. The van der Waals surface area contributed by atoms with Crippen LogP contribution in [0.1, 0.15) is 37.7 Å². The first-order valence-electron chi connectivity index (χ1n) is 7.22. The molecule has 110 valence electrons. The first-order chi connectivity index (χ1) is 9.56. The molecule has 0 amide bonds. The van der Waals surface area contributed by atoms with Crippen LogP contribution in [0.15, 0.2) is 30.3 Å². The molecule has 2 aliphatic rings. The Morgan fingerprint density at radius 2 is 2.00 bits per heavy atom. The van der Waals surface area contributed by atoms with Gasteiger partial charge in [0.1, 0.15) is 4.33 Å². The monoisotopic (exact) mass is 314 g/mol. The van der Waals surface area contributed by atoms with Crippen LogP contribution >= 0.6 is 23.2 Å². The van der Waals surface area contributed by atoms with Crippen molar-refractivity contribution in [2.24, 2.45) is 5.41 Å². The second kappa shape index (κ2) is 5.49. The topological polar surface area (TPSA) is 18.5 Å². The first kappa shape index (κ1) is 14.6. The van der Waals surface area contributed by atoms with Crippen LogP contribution in [0, 0.1) is 5.41 Å². The molecule has 3 rings (SSSR count). The molecule has 2 nitrogen and oxygen atoms in total. The van der Waals surface area contributed by atoms with Crippen LogP contribution < -0.4 is 0 Å². The number of rotatable bonds is 4. The smallest absolute Gasteiger partial charge is 0.157 e. The molecule has 4 heteroatoms. The first-order valence-corrected chi connectivity index (χ1v) is 7.97. The predicted molar refractivity (Wildman–Crippen MR) is 81.3 cm³/mol. The number of hydrogen-bond donors (Lipinski definition) is 0. The lowest BCUT2D eigenvalue weighted by molar-refractivity contribution is -0.170. The van der Waals surface area contributed by atoms with Gasteiger partial charge in [0.2, 0.25) is 0 Å². The van der Waals surface area contributed by atoms with Gasteiger partial charge in [0.15, 0.2) is 6.29 Å². The zero-order valence-electron chi connectivity index (χ0n) is 11.6. The molecule has 3 atom stereocenters. The summed E-state index contributed by atoms with van der Waals surface area (Å²) < 4.78 is 10.7. The third-order valence-corrected chi connectivity index (χ3v) is 5.82. The normalized spacial score (nSPS) is 35.8. The van der Waals surface area contributed by atoms with Crippen molar-refractivity contribution >= 4 is 23.2 Å². The molecule has 1 aliphatic heterocycles. The molecule has 1 aliphatic carbocycles. The van der Waals surface area contributed by atoms with Crippen molar-refractivity contribution in [3.63, 3.8) is 0 Å². The summed E-state index contributed by atoms with van der Waals surface area (Å²) in [5, 5.41) is 0. The van der Waals surface area contributed by atoms with Gasteiger partial charge in [-0.25, -0.2) is 0 Å². The highest BCUT2D eigenvalue weighted by Gasteiger charge is 2.73. The van der Waals surface area contributed by atoms with Gasteiger partial charge >= 0.3 is 0 Å². The molecule has 2 fully saturated rings. The quantitative estimate of drug-likeness (QED) is 0.761. The zero-order valence-corrected chi connectivity index (χ0v) is 13.2. The maximum absolute atomic E-state index is 6.51.